The number of benzene rings is 1. The number of nitrogens with zero attached hydrogens (tertiary/aromatic N) is 5. The van der Waals surface area contributed by atoms with Gasteiger partial charge in [-0.1, -0.05) is 5.16 Å². The fourth-order valence-corrected chi connectivity index (χ4v) is 3.92. The summed E-state index contributed by atoms with van der Waals surface area (Å²) in [6.07, 6.45) is 5.74. The smallest absolute Gasteiger partial charge is 0.257 e. The fraction of sp³-hybridized carbons (Fsp3) is 0.429. The molecule has 0 radical (unpaired) electrons. The Bertz CT molecular complexity index is 973. The van der Waals surface area contributed by atoms with E-state index >= 15 is 0 Å². The van der Waals surface area contributed by atoms with E-state index in [0.29, 0.717) is 43.4 Å². The molecule has 1 fully saturated rings. The van der Waals surface area contributed by atoms with Crippen molar-refractivity contribution in [3.63, 3.8) is 0 Å². The summed E-state index contributed by atoms with van der Waals surface area (Å²) in [4.78, 5) is 19.3. The zero-order chi connectivity index (χ0) is 21.0. The van der Waals surface area contributed by atoms with Crippen molar-refractivity contribution in [3.05, 3.63) is 54.4 Å². The van der Waals surface area contributed by atoms with Crippen LogP contribution in [0.5, 0.6) is 0 Å². The molecule has 1 atom stereocenters. The highest BCUT2D eigenvalue weighted by molar-refractivity contribution is 5.76. The molecule has 1 aliphatic rings. The summed E-state index contributed by atoms with van der Waals surface area (Å²) in [6, 6.07) is 7.72. The Balaban J connectivity index is 1.57. The molecule has 0 bridgehead atoms. The van der Waals surface area contributed by atoms with E-state index in [1.165, 1.54) is 12.1 Å². The van der Waals surface area contributed by atoms with Crippen LogP contribution in [-0.2, 0) is 21.5 Å². The maximum Gasteiger partial charge on any atom is 0.257 e. The molecule has 1 aromatic carbocycles. The quantitative estimate of drug-likeness (QED) is 0.592. The van der Waals surface area contributed by atoms with Crippen LogP contribution in [0.4, 0.5) is 4.39 Å². The molecule has 8 nitrogen and oxygen atoms in total. The molecular formula is C21H24FN5O3. The predicted octanol–water partition coefficient (Wildman–Crippen LogP) is 2.67. The lowest BCUT2D eigenvalue weighted by atomic mass is 9.76. The van der Waals surface area contributed by atoms with Gasteiger partial charge in [0.15, 0.2) is 5.82 Å². The minimum absolute atomic E-state index is 0.00226. The Hall–Kier alpha value is -3.07. The van der Waals surface area contributed by atoms with Crippen molar-refractivity contribution >= 4 is 5.91 Å². The second-order valence-electron chi connectivity index (χ2n) is 7.58. The number of halogens is 1. The van der Waals surface area contributed by atoms with Crippen molar-refractivity contribution < 1.29 is 18.4 Å². The zero-order valence-corrected chi connectivity index (χ0v) is 16.8. The van der Waals surface area contributed by atoms with Crippen LogP contribution in [0.2, 0.25) is 0 Å². The average molecular weight is 413 g/mol. The van der Waals surface area contributed by atoms with E-state index in [4.69, 9.17) is 9.26 Å². The van der Waals surface area contributed by atoms with Gasteiger partial charge in [0.05, 0.1) is 5.41 Å². The molecule has 1 saturated heterocycles. The Morgan fingerprint density at radius 1 is 1.33 bits per heavy atom. The molecule has 2 aromatic heterocycles. The first-order valence-corrected chi connectivity index (χ1v) is 9.94. The third-order valence-corrected chi connectivity index (χ3v) is 5.56. The molecule has 158 valence electrons. The molecule has 0 aliphatic carbocycles. The maximum atomic E-state index is 13.2. The molecule has 30 heavy (non-hydrogen) atoms. The average Bonchev–Trinajstić information content (AvgIpc) is 3.45. The fourth-order valence-electron chi connectivity index (χ4n) is 3.92. The van der Waals surface area contributed by atoms with Crippen LogP contribution in [0.1, 0.15) is 25.1 Å². The largest absolute Gasteiger partial charge is 0.385 e. The predicted molar refractivity (Wildman–Crippen MR) is 106 cm³/mol. The van der Waals surface area contributed by atoms with E-state index in [9.17, 15) is 9.18 Å². The summed E-state index contributed by atoms with van der Waals surface area (Å²) in [7, 11) is 1.65. The highest BCUT2D eigenvalue weighted by atomic mass is 19.1. The van der Waals surface area contributed by atoms with Gasteiger partial charge < -0.3 is 14.2 Å². The van der Waals surface area contributed by atoms with Gasteiger partial charge >= 0.3 is 0 Å². The number of carbonyl (C=O) groups is 1. The van der Waals surface area contributed by atoms with Crippen LogP contribution in [-0.4, -0.2) is 57.5 Å². The number of methoxy groups -OCH3 is 1. The first-order chi connectivity index (χ1) is 14.6. The topological polar surface area (TPSA) is 86.3 Å². The van der Waals surface area contributed by atoms with Crippen LogP contribution in [0.15, 0.2) is 47.2 Å². The van der Waals surface area contributed by atoms with Crippen LogP contribution >= 0.6 is 0 Å². The third-order valence-electron chi connectivity index (χ3n) is 5.56. The number of likely N-dealkylation sites (tertiary alicyclic amines) is 1. The van der Waals surface area contributed by atoms with E-state index in [1.807, 2.05) is 4.90 Å². The molecule has 1 amide bonds. The van der Waals surface area contributed by atoms with Gasteiger partial charge in [0, 0.05) is 44.8 Å². The molecule has 0 spiro atoms. The number of ether oxygens (including phenoxy) is 1. The van der Waals surface area contributed by atoms with E-state index < -0.39 is 5.41 Å². The SMILES string of the molecule is COCCC1(c2noc(-c3ccc(F)cc3)n2)CCCN(C(=O)Cn2cccn2)C1. The number of hydrogen-bond donors (Lipinski definition) is 0. The molecule has 3 heterocycles. The zero-order valence-electron chi connectivity index (χ0n) is 16.8. The molecule has 0 N–H and O–H groups in total. The van der Waals surface area contributed by atoms with Gasteiger partial charge in [-0.2, -0.15) is 10.1 Å². The monoisotopic (exact) mass is 413 g/mol. The molecule has 9 heteroatoms. The number of rotatable bonds is 7. The number of piperidine rings is 1. The van der Waals surface area contributed by atoms with Crippen molar-refractivity contribution in [2.45, 2.75) is 31.2 Å². The van der Waals surface area contributed by atoms with E-state index in [2.05, 4.69) is 15.2 Å². The minimum atomic E-state index is -0.462. The number of amides is 1. The summed E-state index contributed by atoms with van der Waals surface area (Å²) >= 11 is 0. The second-order valence-corrected chi connectivity index (χ2v) is 7.58. The van der Waals surface area contributed by atoms with Crippen molar-refractivity contribution in [1.29, 1.82) is 0 Å². The lowest BCUT2D eigenvalue weighted by Crippen LogP contribution is -2.50. The van der Waals surface area contributed by atoms with Crippen molar-refractivity contribution in [2.75, 3.05) is 26.8 Å². The van der Waals surface area contributed by atoms with Crippen LogP contribution in [0.25, 0.3) is 11.5 Å². The molecule has 0 saturated carbocycles. The highest BCUT2D eigenvalue weighted by Crippen LogP contribution is 2.37. The van der Waals surface area contributed by atoms with Crippen molar-refractivity contribution in [3.8, 4) is 11.5 Å². The minimum Gasteiger partial charge on any atom is -0.385 e. The lowest BCUT2D eigenvalue weighted by Gasteiger charge is -2.40. The van der Waals surface area contributed by atoms with Gasteiger partial charge in [0.25, 0.3) is 5.89 Å². The third kappa shape index (κ3) is 4.25. The summed E-state index contributed by atoms with van der Waals surface area (Å²) in [5.74, 6) is 0.563. The van der Waals surface area contributed by atoms with Crippen molar-refractivity contribution in [2.24, 2.45) is 0 Å². The first kappa shape index (κ1) is 20.2. The lowest BCUT2D eigenvalue weighted by molar-refractivity contribution is -0.134. The van der Waals surface area contributed by atoms with Gasteiger partial charge in [0.1, 0.15) is 12.4 Å². The molecule has 4 rings (SSSR count). The van der Waals surface area contributed by atoms with Crippen LogP contribution in [0.3, 0.4) is 0 Å². The van der Waals surface area contributed by atoms with Crippen LogP contribution < -0.4 is 0 Å². The first-order valence-electron chi connectivity index (χ1n) is 9.94. The van der Waals surface area contributed by atoms with Crippen molar-refractivity contribution in [1.82, 2.24) is 24.8 Å². The van der Waals surface area contributed by atoms with E-state index in [-0.39, 0.29) is 18.3 Å². The molecule has 1 unspecified atom stereocenters. The molecule has 1 aliphatic heterocycles. The Kier molecular flexibility index (Phi) is 5.89. The van der Waals surface area contributed by atoms with E-state index in [0.717, 1.165) is 12.8 Å². The molecular weight excluding hydrogens is 389 g/mol. The maximum absolute atomic E-state index is 13.2. The Labute approximate surface area is 173 Å². The summed E-state index contributed by atoms with van der Waals surface area (Å²) < 4.78 is 25.7. The standard InChI is InChI=1S/C21H24FN5O3/c1-29-13-9-21(20-24-19(30-25-20)16-4-6-17(22)7-5-16)8-2-11-26(15-21)18(28)14-27-12-3-10-23-27/h3-7,10,12H,2,8-9,11,13-15H2,1H3. The number of carbonyl (C=O) groups excluding carboxylic acids is 1. The van der Waals surface area contributed by atoms with Crippen LogP contribution in [0, 0.1) is 5.82 Å². The Morgan fingerprint density at radius 2 is 2.17 bits per heavy atom. The number of aromatic nitrogens is 4. The Morgan fingerprint density at radius 3 is 2.90 bits per heavy atom. The van der Waals surface area contributed by atoms with Gasteiger partial charge in [-0.25, -0.2) is 4.39 Å². The second kappa shape index (κ2) is 8.74. The van der Waals surface area contributed by atoms with E-state index in [1.54, 1.807) is 42.4 Å². The summed E-state index contributed by atoms with van der Waals surface area (Å²) in [6.45, 7) is 1.87. The summed E-state index contributed by atoms with van der Waals surface area (Å²) in [5, 5.41) is 8.36. The molecule has 3 aromatic rings. The normalized spacial score (nSPS) is 19.2. The van der Waals surface area contributed by atoms with Gasteiger partial charge in [-0.05, 0) is 49.6 Å². The number of hydrogen-bond acceptors (Lipinski definition) is 6. The summed E-state index contributed by atoms with van der Waals surface area (Å²) in [5.41, 5.74) is 0.190. The highest BCUT2D eigenvalue weighted by Gasteiger charge is 2.42. The van der Waals surface area contributed by atoms with Gasteiger partial charge in [-0.3, -0.25) is 9.48 Å². The van der Waals surface area contributed by atoms with Gasteiger partial charge in [0.2, 0.25) is 5.91 Å². The van der Waals surface area contributed by atoms with Gasteiger partial charge in [-0.15, -0.1) is 0 Å².